The molecule has 1 saturated heterocycles. The first-order valence-corrected chi connectivity index (χ1v) is 10.7. The molecule has 0 saturated carbocycles. The van der Waals surface area contributed by atoms with Gasteiger partial charge >= 0.3 is 6.03 Å². The Morgan fingerprint density at radius 1 is 1.33 bits per heavy atom. The number of benzene rings is 1. The molecule has 1 aliphatic heterocycles. The van der Waals surface area contributed by atoms with Crippen LogP contribution >= 0.6 is 23.2 Å². The molecule has 1 heterocycles. The topological polar surface area (TPSA) is 78.5 Å². The van der Waals surface area contributed by atoms with Crippen LogP contribution in [0.1, 0.15) is 25.3 Å². The minimum absolute atomic E-state index is 0.191. The van der Waals surface area contributed by atoms with E-state index in [0.29, 0.717) is 41.5 Å². The summed E-state index contributed by atoms with van der Waals surface area (Å²) >= 11 is 11.8. The number of amides is 2. The fourth-order valence-electron chi connectivity index (χ4n) is 2.56. The highest BCUT2D eigenvalue weighted by Gasteiger charge is 2.25. The van der Waals surface area contributed by atoms with Gasteiger partial charge in [-0.2, -0.15) is 0 Å². The first-order valence-electron chi connectivity index (χ1n) is 8.37. The summed E-state index contributed by atoms with van der Waals surface area (Å²) < 4.78 is 25.6. The summed E-state index contributed by atoms with van der Waals surface area (Å²) in [6, 6.07) is 4.32. The molecule has 1 atom stereocenters. The molecule has 2 rings (SSSR count). The van der Waals surface area contributed by atoms with Gasteiger partial charge in [0.2, 0.25) is 10.0 Å². The van der Waals surface area contributed by atoms with Crippen molar-refractivity contribution >= 4 is 39.3 Å². The number of nitrogens with one attached hydrogen (secondary N) is 2. The molecule has 146 valence electrons. The standard InChI is InChI=1S/C18H21Cl2N3O3S/c1-3-27(25,26)22-15-8-10-23(11-9-15)18(24)21-13(2)4-5-14-6-7-16(19)17(20)12-14/h3,6-7,12-13,15,22H,1,8-11H2,2H3,(H,21,24). The van der Waals surface area contributed by atoms with Gasteiger partial charge in [-0.25, -0.2) is 17.9 Å². The van der Waals surface area contributed by atoms with E-state index in [1.54, 1.807) is 30.0 Å². The van der Waals surface area contributed by atoms with Crippen molar-refractivity contribution in [3.8, 4) is 11.8 Å². The van der Waals surface area contributed by atoms with E-state index < -0.39 is 10.0 Å². The van der Waals surface area contributed by atoms with Crippen LogP contribution in [0.5, 0.6) is 0 Å². The number of hydrogen-bond donors (Lipinski definition) is 2. The largest absolute Gasteiger partial charge is 0.325 e. The Morgan fingerprint density at radius 3 is 2.59 bits per heavy atom. The number of hydrogen-bond acceptors (Lipinski definition) is 3. The van der Waals surface area contributed by atoms with E-state index in [9.17, 15) is 13.2 Å². The first-order chi connectivity index (χ1) is 12.7. The van der Waals surface area contributed by atoms with Crippen LogP contribution in [0.15, 0.2) is 30.2 Å². The zero-order valence-corrected chi connectivity index (χ0v) is 17.2. The van der Waals surface area contributed by atoms with Crippen LogP contribution in [0.25, 0.3) is 0 Å². The van der Waals surface area contributed by atoms with E-state index in [4.69, 9.17) is 23.2 Å². The molecule has 1 aliphatic rings. The van der Waals surface area contributed by atoms with Gasteiger partial charge in [0.25, 0.3) is 0 Å². The summed E-state index contributed by atoms with van der Waals surface area (Å²) in [6.45, 7) is 5.98. The second-order valence-electron chi connectivity index (χ2n) is 6.16. The monoisotopic (exact) mass is 429 g/mol. The third-order valence-electron chi connectivity index (χ3n) is 4.03. The summed E-state index contributed by atoms with van der Waals surface area (Å²) in [5.41, 5.74) is 0.709. The fourth-order valence-corrected chi connectivity index (χ4v) is 3.65. The lowest BCUT2D eigenvalue weighted by atomic mass is 10.1. The minimum atomic E-state index is -3.46. The Bertz CT molecular complexity index is 870. The summed E-state index contributed by atoms with van der Waals surface area (Å²) in [5.74, 6) is 5.90. The second kappa shape index (κ2) is 9.47. The molecular weight excluding hydrogens is 409 g/mol. The van der Waals surface area contributed by atoms with Gasteiger partial charge in [0.05, 0.1) is 16.1 Å². The van der Waals surface area contributed by atoms with Gasteiger partial charge in [-0.3, -0.25) is 0 Å². The van der Waals surface area contributed by atoms with Crippen LogP contribution in [-0.4, -0.2) is 44.5 Å². The Morgan fingerprint density at radius 2 is 2.00 bits per heavy atom. The average molecular weight is 430 g/mol. The highest BCUT2D eigenvalue weighted by Crippen LogP contribution is 2.22. The molecule has 1 aromatic rings. The Balaban J connectivity index is 1.84. The molecule has 0 aromatic heterocycles. The zero-order valence-electron chi connectivity index (χ0n) is 14.8. The summed E-state index contributed by atoms with van der Waals surface area (Å²) in [5, 5.41) is 4.60. The SMILES string of the molecule is C=CS(=O)(=O)NC1CCN(C(=O)NC(C)C#Cc2ccc(Cl)c(Cl)c2)CC1. The lowest BCUT2D eigenvalue weighted by molar-refractivity contribution is 0.179. The lowest BCUT2D eigenvalue weighted by Crippen LogP contribution is -2.50. The molecule has 6 nitrogen and oxygen atoms in total. The Hall–Kier alpha value is -1.72. The number of urea groups is 1. The number of sulfonamides is 1. The van der Waals surface area contributed by atoms with E-state index in [0.717, 1.165) is 5.41 Å². The van der Waals surface area contributed by atoms with Crippen molar-refractivity contribution in [2.45, 2.75) is 31.8 Å². The van der Waals surface area contributed by atoms with Gasteiger partial charge in [0, 0.05) is 30.1 Å². The van der Waals surface area contributed by atoms with Gasteiger partial charge in [0.15, 0.2) is 0 Å². The molecule has 1 fully saturated rings. The number of likely N-dealkylation sites (tertiary alicyclic amines) is 1. The van der Waals surface area contributed by atoms with Crippen molar-refractivity contribution in [3.63, 3.8) is 0 Å². The third kappa shape index (κ3) is 6.74. The average Bonchev–Trinajstić information content (AvgIpc) is 2.63. The van der Waals surface area contributed by atoms with Gasteiger partial charge < -0.3 is 10.2 Å². The number of rotatable bonds is 4. The molecule has 2 amide bonds. The van der Waals surface area contributed by atoms with Crippen LogP contribution in [0.3, 0.4) is 0 Å². The van der Waals surface area contributed by atoms with Crippen molar-refractivity contribution in [2.24, 2.45) is 0 Å². The Labute approximate surface area is 170 Å². The molecule has 1 unspecified atom stereocenters. The first kappa shape index (κ1) is 21.6. The normalized spacial score (nSPS) is 16.2. The predicted octanol–water partition coefficient (Wildman–Crippen LogP) is 2.97. The molecule has 0 aliphatic carbocycles. The van der Waals surface area contributed by atoms with Crippen molar-refractivity contribution in [1.82, 2.24) is 14.9 Å². The maximum Gasteiger partial charge on any atom is 0.318 e. The molecule has 0 bridgehead atoms. The highest BCUT2D eigenvalue weighted by atomic mass is 35.5. The van der Waals surface area contributed by atoms with Crippen molar-refractivity contribution < 1.29 is 13.2 Å². The maximum absolute atomic E-state index is 12.3. The number of piperidine rings is 1. The summed E-state index contributed by atoms with van der Waals surface area (Å²) in [7, 11) is -3.46. The van der Waals surface area contributed by atoms with Gasteiger partial charge in [-0.15, -0.1) is 0 Å². The Kier molecular flexibility index (Phi) is 7.57. The van der Waals surface area contributed by atoms with E-state index in [-0.39, 0.29) is 18.1 Å². The number of halogens is 2. The zero-order chi connectivity index (χ0) is 20.0. The van der Waals surface area contributed by atoms with E-state index in [2.05, 4.69) is 28.5 Å². The van der Waals surface area contributed by atoms with Crippen LogP contribution in [0.2, 0.25) is 10.0 Å². The van der Waals surface area contributed by atoms with E-state index in [1.807, 2.05) is 0 Å². The molecule has 27 heavy (non-hydrogen) atoms. The number of nitrogens with zero attached hydrogens (tertiary/aromatic N) is 1. The molecule has 0 spiro atoms. The van der Waals surface area contributed by atoms with Crippen molar-refractivity contribution in [2.75, 3.05) is 13.1 Å². The number of carbonyl (C=O) groups excluding carboxylic acids is 1. The lowest BCUT2D eigenvalue weighted by Gasteiger charge is -2.32. The van der Waals surface area contributed by atoms with Crippen molar-refractivity contribution in [3.05, 3.63) is 45.8 Å². The van der Waals surface area contributed by atoms with Gasteiger partial charge in [0.1, 0.15) is 0 Å². The minimum Gasteiger partial charge on any atom is -0.325 e. The van der Waals surface area contributed by atoms with Crippen LogP contribution in [-0.2, 0) is 10.0 Å². The van der Waals surface area contributed by atoms with Gasteiger partial charge in [-0.1, -0.05) is 41.6 Å². The smallest absolute Gasteiger partial charge is 0.318 e. The van der Waals surface area contributed by atoms with Crippen molar-refractivity contribution in [1.29, 1.82) is 0 Å². The predicted molar refractivity (Wildman–Crippen MR) is 108 cm³/mol. The quantitative estimate of drug-likeness (QED) is 0.721. The van der Waals surface area contributed by atoms with Crippen LogP contribution < -0.4 is 10.0 Å². The number of carbonyl (C=O) groups is 1. The summed E-state index contributed by atoms with van der Waals surface area (Å²) in [6.07, 6.45) is 1.09. The van der Waals surface area contributed by atoms with E-state index >= 15 is 0 Å². The maximum atomic E-state index is 12.3. The fraction of sp³-hybridized carbons (Fsp3) is 0.389. The third-order valence-corrected chi connectivity index (χ3v) is 5.86. The molecular formula is C18H21Cl2N3O3S. The molecule has 1 aromatic carbocycles. The molecule has 0 radical (unpaired) electrons. The second-order valence-corrected chi connectivity index (χ2v) is 8.63. The molecule has 9 heteroatoms. The van der Waals surface area contributed by atoms with E-state index in [1.165, 1.54) is 0 Å². The summed E-state index contributed by atoms with van der Waals surface area (Å²) in [4.78, 5) is 14.0. The molecule has 2 N–H and O–H groups in total. The van der Waals surface area contributed by atoms with Crippen LogP contribution in [0, 0.1) is 11.8 Å². The van der Waals surface area contributed by atoms with Gasteiger partial charge in [-0.05, 0) is 38.0 Å². The highest BCUT2D eigenvalue weighted by molar-refractivity contribution is 7.92. The van der Waals surface area contributed by atoms with Crippen LogP contribution in [0.4, 0.5) is 4.79 Å².